The van der Waals surface area contributed by atoms with E-state index in [0.717, 1.165) is 0 Å². The third-order valence-electron chi connectivity index (χ3n) is 2.57. The zero-order valence-electron chi connectivity index (χ0n) is 11.0. The quantitative estimate of drug-likeness (QED) is 0.667. The zero-order chi connectivity index (χ0) is 14.5. The summed E-state index contributed by atoms with van der Waals surface area (Å²) in [5.74, 6) is 1.90. The molecule has 2 rings (SSSR count). The first-order valence-corrected chi connectivity index (χ1v) is 5.78. The van der Waals surface area contributed by atoms with Gasteiger partial charge < -0.3 is 14.8 Å². The molecule has 0 bridgehead atoms. The van der Waals surface area contributed by atoms with E-state index in [1.54, 1.807) is 25.4 Å². The Balaban J connectivity index is 2.30. The van der Waals surface area contributed by atoms with Crippen LogP contribution in [0, 0.1) is 10.1 Å². The van der Waals surface area contributed by atoms with Crippen LogP contribution in [0.3, 0.4) is 0 Å². The molecule has 104 valence electrons. The minimum absolute atomic E-state index is 0.0557. The smallest absolute Gasteiger partial charge is 0.273 e. The lowest BCUT2D eigenvalue weighted by molar-refractivity contribution is -0.384. The summed E-state index contributed by atoms with van der Waals surface area (Å²) in [7, 11) is 3.18. The van der Waals surface area contributed by atoms with Crippen molar-refractivity contribution in [1.82, 2.24) is 4.98 Å². The van der Waals surface area contributed by atoms with Gasteiger partial charge in [0.15, 0.2) is 11.5 Å². The SMILES string of the molecule is CNc1cc(Oc2ccc([N+](=O)[O-])cc2OC)ccn1. The van der Waals surface area contributed by atoms with Gasteiger partial charge in [-0.15, -0.1) is 0 Å². The van der Waals surface area contributed by atoms with Crippen molar-refractivity contribution in [3.05, 3.63) is 46.6 Å². The van der Waals surface area contributed by atoms with Gasteiger partial charge >= 0.3 is 0 Å². The summed E-state index contributed by atoms with van der Waals surface area (Å²) in [5.41, 5.74) is -0.0557. The normalized spacial score (nSPS) is 9.90. The lowest BCUT2D eigenvalue weighted by Crippen LogP contribution is -1.95. The van der Waals surface area contributed by atoms with Gasteiger partial charge in [-0.1, -0.05) is 0 Å². The number of methoxy groups -OCH3 is 1. The maximum absolute atomic E-state index is 10.7. The van der Waals surface area contributed by atoms with E-state index in [4.69, 9.17) is 9.47 Å². The molecule has 0 aliphatic carbocycles. The number of non-ortho nitro benzene ring substituents is 1. The van der Waals surface area contributed by atoms with Crippen LogP contribution in [-0.2, 0) is 0 Å². The van der Waals surface area contributed by atoms with Gasteiger partial charge in [0.1, 0.15) is 11.6 Å². The monoisotopic (exact) mass is 275 g/mol. The third kappa shape index (κ3) is 2.94. The Morgan fingerprint density at radius 2 is 2.05 bits per heavy atom. The molecule has 1 aromatic carbocycles. The molecule has 7 heteroatoms. The van der Waals surface area contributed by atoms with Crippen molar-refractivity contribution in [1.29, 1.82) is 0 Å². The molecule has 0 saturated heterocycles. The molecule has 20 heavy (non-hydrogen) atoms. The number of nitro groups is 1. The van der Waals surface area contributed by atoms with Gasteiger partial charge in [-0.25, -0.2) is 4.98 Å². The number of benzene rings is 1. The van der Waals surface area contributed by atoms with E-state index in [2.05, 4.69) is 10.3 Å². The molecule has 0 atom stereocenters. The molecule has 0 unspecified atom stereocenters. The summed E-state index contributed by atoms with van der Waals surface area (Å²) in [4.78, 5) is 14.3. The minimum Gasteiger partial charge on any atom is -0.493 e. The van der Waals surface area contributed by atoms with Gasteiger partial charge in [0.25, 0.3) is 5.69 Å². The number of nitro benzene ring substituents is 1. The van der Waals surface area contributed by atoms with Crippen molar-refractivity contribution < 1.29 is 14.4 Å². The van der Waals surface area contributed by atoms with Crippen LogP contribution in [0.2, 0.25) is 0 Å². The van der Waals surface area contributed by atoms with Gasteiger partial charge in [-0.3, -0.25) is 10.1 Å². The summed E-state index contributed by atoms with van der Waals surface area (Å²) >= 11 is 0. The summed E-state index contributed by atoms with van der Waals surface area (Å²) in [6.07, 6.45) is 1.60. The van der Waals surface area contributed by atoms with Crippen molar-refractivity contribution in [2.24, 2.45) is 0 Å². The zero-order valence-corrected chi connectivity index (χ0v) is 11.0. The van der Waals surface area contributed by atoms with Crippen LogP contribution in [0.15, 0.2) is 36.5 Å². The minimum atomic E-state index is -0.488. The Kier molecular flexibility index (Phi) is 3.99. The molecule has 0 radical (unpaired) electrons. The Morgan fingerprint density at radius 3 is 2.70 bits per heavy atom. The van der Waals surface area contributed by atoms with E-state index in [-0.39, 0.29) is 5.69 Å². The average Bonchev–Trinajstić information content (AvgIpc) is 2.47. The number of pyridine rings is 1. The number of aromatic nitrogens is 1. The van der Waals surface area contributed by atoms with E-state index < -0.39 is 4.92 Å². The highest BCUT2D eigenvalue weighted by Crippen LogP contribution is 2.34. The fourth-order valence-corrected chi connectivity index (χ4v) is 1.59. The van der Waals surface area contributed by atoms with E-state index in [1.165, 1.54) is 25.3 Å². The van der Waals surface area contributed by atoms with E-state index in [0.29, 0.717) is 23.1 Å². The molecular weight excluding hydrogens is 262 g/mol. The van der Waals surface area contributed by atoms with Gasteiger partial charge in [0.05, 0.1) is 18.1 Å². The first-order chi connectivity index (χ1) is 9.63. The second-order valence-electron chi connectivity index (χ2n) is 3.82. The molecule has 1 aromatic heterocycles. The van der Waals surface area contributed by atoms with Crippen LogP contribution < -0.4 is 14.8 Å². The van der Waals surface area contributed by atoms with Crippen molar-refractivity contribution in [3.8, 4) is 17.2 Å². The first-order valence-electron chi connectivity index (χ1n) is 5.78. The third-order valence-corrected chi connectivity index (χ3v) is 2.57. The highest BCUT2D eigenvalue weighted by molar-refractivity contribution is 5.51. The maximum atomic E-state index is 10.7. The van der Waals surface area contributed by atoms with Crippen LogP contribution >= 0.6 is 0 Å². The van der Waals surface area contributed by atoms with Crippen LogP contribution in [0.4, 0.5) is 11.5 Å². The maximum Gasteiger partial charge on any atom is 0.273 e. The summed E-state index contributed by atoms with van der Waals surface area (Å²) in [6, 6.07) is 7.56. The Hall–Kier alpha value is -2.83. The molecule has 1 heterocycles. The molecule has 0 spiro atoms. The summed E-state index contributed by atoms with van der Waals surface area (Å²) in [5, 5.41) is 13.6. The van der Waals surface area contributed by atoms with E-state index in [1.807, 2.05) is 0 Å². The van der Waals surface area contributed by atoms with Gasteiger partial charge in [0.2, 0.25) is 0 Å². The highest BCUT2D eigenvalue weighted by Gasteiger charge is 2.13. The Morgan fingerprint density at radius 1 is 1.25 bits per heavy atom. The predicted molar refractivity (Wildman–Crippen MR) is 73.5 cm³/mol. The molecular formula is C13H13N3O4. The van der Waals surface area contributed by atoms with Gasteiger partial charge in [-0.05, 0) is 12.1 Å². The van der Waals surface area contributed by atoms with Crippen LogP contribution in [0.5, 0.6) is 17.2 Å². The van der Waals surface area contributed by atoms with Crippen LogP contribution in [0.1, 0.15) is 0 Å². The van der Waals surface area contributed by atoms with Crippen LogP contribution in [-0.4, -0.2) is 24.1 Å². The lowest BCUT2D eigenvalue weighted by Gasteiger charge is -2.10. The molecule has 0 saturated carbocycles. The average molecular weight is 275 g/mol. The molecule has 0 aliphatic heterocycles. The number of rotatable bonds is 5. The number of ether oxygens (including phenoxy) is 2. The topological polar surface area (TPSA) is 86.5 Å². The number of nitrogens with one attached hydrogen (secondary N) is 1. The molecule has 0 aliphatic rings. The highest BCUT2D eigenvalue weighted by atomic mass is 16.6. The standard InChI is InChI=1S/C13H13N3O4/c1-14-13-8-10(5-6-15-13)20-11-4-3-9(16(17)18)7-12(11)19-2/h3-8H,1-2H3,(H,14,15). The van der Waals surface area contributed by atoms with E-state index >= 15 is 0 Å². The first kappa shape index (κ1) is 13.6. The fourth-order valence-electron chi connectivity index (χ4n) is 1.59. The van der Waals surface area contributed by atoms with Crippen molar-refractivity contribution >= 4 is 11.5 Å². The number of anilines is 1. The molecule has 0 fully saturated rings. The predicted octanol–water partition coefficient (Wildman–Crippen LogP) is 2.83. The van der Waals surface area contributed by atoms with Crippen molar-refractivity contribution in [2.45, 2.75) is 0 Å². The Labute approximate surface area is 115 Å². The van der Waals surface area contributed by atoms with Crippen molar-refractivity contribution in [3.63, 3.8) is 0 Å². The molecule has 1 N–H and O–H groups in total. The lowest BCUT2D eigenvalue weighted by atomic mass is 10.3. The van der Waals surface area contributed by atoms with Gasteiger partial charge in [-0.2, -0.15) is 0 Å². The van der Waals surface area contributed by atoms with E-state index in [9.17, 15) is 10.1 Å². The number of hydrogen-bond acceptors (Lipinski definition) is 6. The summed E-state index contributed by atoms with van der Waals surface area (Å²) in [6.45, 7) is 0. The van der Waals surface area contributed by atoms with Crippen LogP contribution in [0.25, 0.3) is 0 Å². The molecule has 7 nitrogen and oxygen atoms in total. The number of nitrogens with zero attached hydrogens (tertiary/aromatic N) is 2. The molecule has 0 amide bonds. The largest absolute Gasteiger partial charge is 0.493 e. The second-order valence-corrected chi connectivity index (χ2v) is 3.82. The second kappa shape index (κ2) is 5.87. The summed E-state index contributed by atoms with van der Waals surface area (Å²) < 4.78 is 10.8. The molecule has 2 aromatic rings. The van der Waals surface area contributed by atoms with Crippen molar-refractivity contribution in [2.75, 3.05) is 19.5 Å². The van der Waals surface area contributed by atoms with Gasteiger partial charge in [0, 0.05) is 25.4 Å². The fraction of sp³-hybridized carbons (Fsp3) is 0.154. The Bertz CT molecular complexity index is 631. The number of hydrogen-bond donors (Lipinski definition) is 1.